The van der Waals surface area contributed by atoms with Crippen molar-refractivity contribution in [3.05, 3.63) is 71.9 Å². The number of rotatable bonds is 9. The standard InChI is InChI=1S/C31H36N2O5/c34-18-25(15-19-6-2-1-3-7-19)37-30(35)28(16-24-17-32-27-9-5-4-8-26(24)27)33-31(36)38-29-22-11-20-10-21(13-22)14-23(29)12-20/h1-9,17,20-23,25,28-29,32,34H,10-16,18H2,(H,33,36)/t20?,21?,22?,23?,25-,28+,29?/m0/s1. The van der Waals surface area contributed by atoms with Gasteiger partial charge in [-0.2, -0.15) is 0 Å². The quantitative estimate of drug-likeness (QED) is 0.356. The van der Waals surface area contributed by atoms with Crippen LogP contribution in [0.3, 0.4) is 0 Å². The van der Waals surface area contributed by atoms with E-state index in [0.717, 1.165) is 59.5 Å². The fraction of sp³-hybridized carbons (Fsp3) is 0.484. The summed E-state index contributed by atoms with van der Waals surface area (Å²) in [6, 6.07) is 16.5. The van der Waals surface area contributed by atoms with E-state index in [0.29, 0.717) is 18.3 Å². The van der Waals surface area contributed by atoms with E-state index in [4.69, 9.17) is 9.47 Å². The first kappa shape index (κ1) is 25.0. The van der Waals surface area contributed by atoms with Crippen molar-refractivity contribution in [1.29, 1.82) is 0 Å². The Labute approximate surface area is 222 Å². The number of nitrogens with one attached hydrogen (secondary N) is 2. The van der Waals surface area contributed by atoms with Crippen LogP contribution in [0.2, 0.25) is 0 Å². The molecule has 2 aromatic carbocycles. The summed E-state index contributed by atoms with van der Waals surface area (Å²) < 4.78 is 11.8. The van der Waals surface area contributed by atoms with Crippen molar-refractivity contribution in [2.24, 2.45) is 23.7 Å². The molecule has 1 aromatic heterocycles. The van der Waals surface area contributed by atoms with Crippen molar-refractivity contribution < 1.29 is 24.2 Å². The molecule has 2 atom stereocenters. The molecule has 3 aromatic rings. The number of carbonyl (C=O) groups excluding carboxylic acids is 2. The van der Waals surface area contributed by atoms with Crippen LogP contribution in [-0.2, 0) is 27.1 Å². The van der Waals surface area contributed by atoms with Crippen molar-refractivity contribution in [3.63, 3.8) is 0 Å². The summed E-state index contributed by atoms with van der Waals surface area (Å²) in [5.41, 5.74) is 2.82. The molecule has 4 aliphatic rings. The predicted octanol–water partition coefficient (Wildman–Crippen LogP) is 4.78. The van der Waals surface area contributed by atoms with E-state index in [1.165, 1.54) is 6.42 Å². The first-order valence-electron chi connectivity index (χ1n) is 13.9. The number of aromatic amines is 1. The van der Waals surface area contributed by atoms with Crippen molar-refractivity contribution >= 4 is 23.0 Å². The van der Waals surface area contributed by atoms with E-state index in [1.807, 2.05) is 60.8 Å². The van der Waals surface area contributed by atoms with Gasteiger partial charge in [0.2, 0.25) is 0 Å². The van der Waals surface area contributed by atoms with E-state index in [2.05, 4.69) is 10.3 Å². The highest BCUT2D eigenvalue weighted by molar-refractivity contribution is 5.86. The Kier molecular flexibility index (Phi) is 7.11. The van der Waals surface area contributed by atoms with Gasteiger partial charge in [-0.15, -0.1) is 0 Å². The molecular weight excluding hydrogens is 480 g/mol. The molecule has 1 amide bonds. The number of para-hydroxylation sites is 1. The number of aromatic nitrogens is 1. The summed E-state index contributed by atoms with van der Waals surface area (Å²) in [5, 5.41) is 13.8. The number of alkyl carbamates (subject to hydrolysis) is 1. The van der Waals surface area contributed by atoms with Gasteiger partial charge in [0.25, 0.3) is 0 Å². The minimum absolute atomic E-state index is 0.0733. The number of ether oxygens (including phenoxy) is 2. The van der Waals surface area contributed by atoms with Gasteiger partial charge in [0.1, 0.15) is 18.2 Å². The molecule has 0 aliphatic heterocycles. The number of hydrogen-bond donors (Lipinski definition) is 3. The number of H-pyrrole nitrogens is 1. The maximum Gasteiger partial charge on any atom is 0.408 e. The lowest BCUT2D eigenvalue weighted by molar-refractivity contribution is -0.153. The van der Waals surface area contributed by atoms with Crippen LogP contribution in [0.15, 0.2) is 60.8 Å². The van der Waals surface area contributed by atoms with Crippen LogP contribution in [0.1, 0.15) is 43.2 Å². The second-order valence-electron chi connectivity index (χ2n) is 11.5. The van der Waals surface area contributed by atoms with E-state index in [9.17, 15) is 14.7 Å². The predicted molar refractivity (Wildman–Crippen MR) is 143 cm³/mol. The maximum absolute atomic E-state index is 13.4. The van der Waals surface area contributed by atoms with Crippen LogP contribution in [0.5, 0.6) is 0 Å². The van der Waals surface area contributed by atoms with Gasteiger partial charge in [-0.25, -0.2) is 9.59 Å². The third-order valence-corrected chi connectivity index (χ3v) is 8.85. The average molecular weight is 517 g/mol. The van der Waals surface area contributed by atoms with Crippen LogP contribution in [0.4, 0.5) is 4.79 Å². The Balaban J connectivity index is 1.16. The largest absolute Gasteiger partial charge is 0.458 e. The molecule has 7 heteroatoms. The number of benzene rings is 2. The maximum atomic E-state index is 13.4. The Hall–Kier alpha value is -3.32. The van der Waals surface area contributed by atoms with Gasteiger partial charge in [0.05, 0.1) is 6.61 Å². The summed E-state index contributed by atoms with van der Waals surface area (Å²) in [5.74, 6) is 1.85. The fourth-order valence-corrected chi connectivity index (χ4v) is 7.35. The molecule has 4 fully saturated rings. The van der Waals surface area contributed by atoms with Crippen molar-refractivity contribution in [1.82, 2.24) is 10.3 Å². The molecule has 7 rings (SSSR count). The molecule has 0 radical (unpaired) electrons. The Morgan fingerprint density at radius 3 is 2.32 bits per heavy atom. The first-order chi connectivity index (χ1) is 18.6. The summed E-state index contributed by atoms with van der Waals surface area (Å²) in [4.78, 5) is 29.8. The molecule has 38 heavy (non-hydrogen) atoms. The lowest BCUT2D eigenvalue weighted by atomic mass is 9.55. The second-order valence-corrected chi connectivity index (χ2v) is 11.5. The Bertz CT molecular complexity index is 1240. The third-order valence-electron chi connectivity index (χ3n) is 8.85. The van der Waals surface area contributed by atoms with Gasteiger partial charge < -0.3 is 24.9 Å². The van der Waals surface area contributed by atoms with Crippen LogP contribution < -0.4 is 5.32 Å². The fourth-order valence-electron chi connectivity index (χ4n) is 7.35. The monoisotopic (exact) mass is 516 g/mol. The van der Waals surface area contributed by atoms with Gasteiger partial charge in [-0.3, -0.25) is 0 Å². The number of esters is 1. The van der Waals surface area contributed by atoms with E-state index in [-0.39, 0.29) is 19.1 Å². The zero-order chi connectivity index (χ0) is 26.1. The summed E-state index contributed by atoms with van der Waals surface area (Å²) in [7, 11) is 0. The number of fused-ring (bicyclic) bond motifs is 1. The number of hydrogen-bond acceptors (Lipinski definition) is 5. The molecule has 4 aliphatic carbocycles. The number of amides is 1. The zero-order valence-electron chi connectivity index (χ0n) is 21.6. The smallest absolute Gasteiger partial charge is 0.408 e. The van der Waals surface area contributed by atoms with Gasteiger partial charge >= 0.3 is 12.1 Å². The highest BCUT2D eigenvalue weighted by Crippen LogP contribution is 2.54. The Morgan fingerprint density at radius 2 is 1.61 bits per heavy atom. The van der Waals surface area contributed by atoms with Gasteiger partial charge in [-0.05, 0) is 73.0 Å². The molecule has 4 saturated carbocycles. The lowest BCUT2D eigenvalue weighted by Crippen LogP contribution is -2.52. The van der Waals surface area contributed by atoms with Crippen LogP contribution in [0, 0.1) is 23.7 Å². The third kappa shape index (κ3) is 5.30. The van der Waals surface area contributed by atoms with Crippen molar-refractivity contribution in [2.75, 3.05) is 6.61 Å². The molecule has 200 valence electrons. The number of aliphatic hydroxyl groups excluding tert-OH is 1. The number of aliphatic hydroxyl groups is 1. The van der Waals surface area contributed by atoms with E-state index >= 15 is 0 Å². The van der Waals surface area contributed by atoms with Crippen LogP contribution in [0.25, 0.3) is 10.9 Å². The molecule has 0 saturated heterocycles. The highest BCUT2D eigenvalue weighted by Gasteiger charge is 2.50. The van der Waals surface area contributed by atoms with Crippen molar-refractivity contribution in [3.8, 4) is 0 Å². The minimum atomic E-state index is -0.941. The molecule has 4 bridgehead atoms. The summed E-state index contributed by atoms with van der Waals surface area (Å²) in [6.07, 6.45) is 7.06. The lowest BCUT2D eigenvalue weighted by Gasteiger charge is -2.53. The van der Waals surface area contributed by atoms with E-state index in [1.54, 1.807) is 0 Å². The first-order valence-corrected chi connectivity index (χ1v) is 13.9. The molecule has 0 spiro atoms. The van der Waals surface area contributed by atoms with Crippen molar-refractivity contribution in [2.45, 2.75) is 63.2 Å². The topological polar surface area (TPSA) is 101 Å². The van der Waals surface area contributed by atoms with Gasteiger partial charge in [-0.1, -0.05) is 48.5 Å². The van der Waals surface area contributed by atoms with Gasteiger partial charge in [0, 0.05) is 29.9 Å². The minimum Gasteiger partial charge on any atom is -0.458 e. The summed E-state index contributed by atoms with van der Waals surface area (Å²) in [6.45, 7) is -0.307. The second kappa shape index (κ2) is 10.8. The van der Waals surface area contributed by atoms with E-state index < -0.39 is 24.2 Å². The average Bonchev–Trinajstić information content (AvgIpc) is 3.33. The zero-order valence-corrected chi connectivity index (χ0v) is 21.6. The normalized spacial score (nSPS) is 27.1. The molecule has 1 heterocycles. The number of carbonyl (C=O) groups is 2. The van der Waals surface area contributed by atoms with Crippen LogP contribution >= 0.6 is 0 Å². The van der Waals surface area contributed by atoms with Crippen LogP contribution in [-0.4, -0.2) is 47.0 Å². The van der Waals surface area contributed by atoms with Gasteiger partial charge in [0.15, 0.2) is 0 Å². The molecule has 7 nitrogen and oxygen atoms in total. The molecule has 3 N–H and O–H groups in total. The SMILES string of the molecule is O=C(N[C@H](Cc1c[nH]c2ccccc12)C(=O)O[C@H](CO)Cc1ccccc1)OC1C2CC3CC(C2)CC1C3. The Morgan fingerprint density at radius 1 is 0.921 bits per heavy atom. The molecular formula is C31H36N2O5. The summed E-state index contributed by atoms with van der Waals surface area (Å²) >= 11 is 0. The molecule has 0 unspecified atom stereocenters. The highest BCUT2D eigenvalue weighted by atomic mass is 16.6.